The van der Waals surface area contributed by atoms with Crippen LogP contribution >= 0.6 is 23.1 Å². The zero-order valence-corrected chi connectivity index (χ0v) is 17.6. The Labute approximate surface area is 168 Å². The van der Waals surface area contributed by atoms with Crippen LogP contribution in [-0.4, -0.2) is 22.1 Å². The number of nitrogens with zero attached hydrogens (tertiary/aromatic N) is 2. The van der Waals surface area contributed by atoms with Crippen molar-refractivity contribution in [1.82, 2.24) is 3.96 Å². The molecule has 7 heteroatoms. The Kier molecular flexibility index (Phi) is 5.79. The van der Waals surface area contributed by atoms with E-state index >= 15 is 0 Å². The standard InChI is InChI=1S/C20H25ClN2O3S/c1-20(2,3)23-11-15(17(24)12-6-5-7-12)19(27-23)22-18(25)14-10-13(21)8-9-16(14)26-4/h8-12,17,24H,5-7H2,1-4H3/b22-19-. The van der Waals surface area contributed by atoms with Gasteiger partial charge in [-0.1, -0.05) is 18.0 Å². The lowest BCUT2D eigenvalue weighted by Crippen LogP contribution is -2.23. The number of aliphatic hydroxyl groups excluding tert-OH is 1. The molecule has 1 fully saturated rings. The number of amides is 1. The summed E-state index contributed by atoms with van der Waals surface area (Å²) in [4.78, 5) is 17.2. The number of rotatable bonds is 4. The van der Waals surface area contributed by atoms with Gasteiger partial charge in [-0.05, 0) is 69.3 Å². The molecular weight excluding hydrogens is 384 g/mol. The van der Waals surface area contributed by atoms with Crippen molar-refractivity contribution in [3.05, 3.63) is 45.2 Å². The largest absolute Gasteiger partial charge is 0.496 e. The SMILES string of the molecule is COc1ccc(Cl)cc1C(=O)/N=c1\sn(C(C)(C)C)cc1C(O)C1CCC1. The minimum Gasteiger partial charge on any atom is -0.496 e. The maximum atomic E-state index is 12.8. The number of methoxy groups -OCH3 is 1. The van der Waals surface area contributed by atoms with Crippen LogP contribution in [0.25, 0.3) is 0 Å². The average Bonchev–Trinajstić information content (AvgIpc) is 2.97. The van der Waals surface area contributed by atoms with E-state index in [1.807, 2.05) is 10.2 Å². The Balaban J connectivity index is 2.07. The van der Waals surface area contributed by atoms with Gasteiger partial charge in [0.15, 0.2) is 0 Å². The van der Waals surface area contributed by atoms with Crippen LogP contribution in [0.1, 0.15) is 62.1 Å². The lowest BCUT2D eigenvalue weighted by Gasteiger charge is -2.29. The first-order chi connectivity index (χ1) is 12.7. The zero-order valence-electron chi connectivity index (χ0n) is 16.0. The van der Waals surface area contributed by atoms with Crippen molar-refractivity contribution in [2.24, 2.45) is 10.9 Å². The number of halogens is 1. The average molecular weight is 409 g/mol. The van der Waals surface area contributed by atoms with Crippen LogP contribution in [0, 0.1) is 5.92 Å². The van der Waals surface area contributed by atoms with Crippen LogP contribution in [0.15, 0.2) is 29.4 Å². The highest BCUT2D eigenvalue weighted by Gasteiger charge is 2.30. The van der Waals surface area contributed by atoms with Crippen molar-refractivity contribution in [3.63, 3.8) is 0 Å². The third-order valence-electron chi connectivity index (χ3n) is 4.86. The van der Waals surface area contributed by atoms with E-state index in [4.69, 9.17) is 16.3 Å². The molecule has 2 aromatic rings. The Hall–Kier alpha value is -1.63. The second-order valence-electron chi connectivity index (χ2n) is 7.87. The van der Waals surface area contributed by atoms with E-state index in [-0.39, 0.29) is 11.5 Å². The first-order valence-electron chi connectivity index (χ1n) is 9.04. The molecule has 1 aliphatic rings. The van der Waals surface area contributed by atoms with Crippen molar-refractivity contribution in [3.8, 4) is 5.75 Å². The van der Waals surface area contributed by atoms with E-state index in [1.165, 1.54) is 18.6 Å². The number of carbonyl (C=O) groups excluding carboxylic acids is 1. The number of benzene rings is 1. The third-order valence-corrected chi connectivity index (χ3v) is 6.44. The van der Waals surface area contributed by atoms with Gasteiger partial charge in [-0.15, -0.1) is 0 Å². The summed E-state index contributed by atoms with van der Waals surface area (Å²) in [7, 11) is 1.50. The number of hydrogen-bond acceptors (Lipinski definition) is 4. The second kappa shape index (κ2) is 7.78. The second-order valence-corrected chi connectivity index (χ2v) is 9.27. The van der Waals surface area contributed by atoms with E-state index in [2.05, 4.69) is 25.8 Å². The van der Waals surface area contributed by atoms with Gasteiger partial charge < -0.3 is 9.84 Å². The number of carbonyl (C=O) groups is 1. The van der Waals surface area contributed by atoms with E-state index < -0.39 is 12.0 Å². The van der Waals surface area contributed by atoms with Crippen molar-refractivity contribution in [2.75, 3.05) is 7.11 Å². The van der Waals surface area contributed by atoms with Gasteiger partial charge in [-0.3, -0.25) is 8.75 Å². The van der Waals surface area contributed by atoms with E-state index in [9.17, 15) is 9.90 Å². The normalized spacial score (nSPS) is 16.9. The fraction of sp³-hybridized carbons (Fsp3) is 0.500. The smallest absolute Gasteiger partial charge is 0.282 e. The molecule has 1 aliphatic carbocycles. The molecule has 3 rings (SSSR count). The molecule has 1 aromatic heterocycles. The molecular formula is C20H25ClN2O3S. The van der Waals surface area contributed by atoms with Crippen LogP contribution in [-0.2, 0) is 5.54 Å². The molecule has 1 saturated carbocycles. The van der Waals surface area contributed by atoms with Gasteiger partial charge in [0.2, 0.25) is 0 Å². The van der Waals surface area contributed by atoms with Gasteiger partial charge in [0.25, 0.3) is 5.91 Å². The first kappa shape index (κ1) is 20.1. The maximum Gasteiger partial charge on any atom is 0.282 e. The molecule has 1 unspecified atom stereocenters. The molecule has 5 nitrogen and oxygen atoms in total. The van der Waals surface area contributed by atoms with E-state index in [0.29, 0.717) is 26.6 Å². The summed E-state index contributed by atoms with van der Waals surface area (Å²) in [5, 5.41) is 11.2. The number of ether oxygens (including phenoxy) is 1. The molecule has 1 amide bonds. The van der Waals surface area contributed by atoms with Gasteiger partial charge in [0.1, 0.15) is 10.4 Å². The van der Waals surface area contributed by atoms with Gasteiger partial charge in [0.05, 0.1) is 18.8 Å². The first-order valence-corrected chi connectivity index (χ1v) is 10.2. The van der Waals surface area contributed by atoms with Gasteiger partial charge in [-0.2, -0.15) is 4.99 Å². The number of aromatic nitrogens is 1. The van der Waals surface area contributed by atoms with Crippen molar-refractivity contribution >= 4 is 29.0 Å². The Bertz CT molecular complexity index is 907. The minimum absolute atomic E-state index is 0.163. The maximum absolute atomic E-state index is 12.8. The Morgan fingerprint density at radius 2 is 2.11 bits per heavy atom. The molecule has 0 spiro atoms. The molecule has 1 atom stereocenters. The topological polar surface area (TPSA) is 63.8 Å². The monoisotopic (exact) mass is 408 g/mol. The van der Waals surface area contributed by atoms with E-state index in [1.54, 1.807) is 18.2 Å². The van der Waals surface area contributed by atoms with Gasteiger partial charge >= 0.3 is 0 Å². The summed E-state index contributed by atoms with van der Waals surface area (Å²) in [6.07, 6.45) is 4.46. The molecule has 0 bridgehead atoms. The summed E-state index contributed by atoms with van der Waals surface area (Å²) in [5.41, 5.74) is 0.863. The Morgan fingerprint density at radius 3 is 2.67 bits per heavy atom. The summed E-state index contributed by atoms with van der Waals surface area (Å²) in [6, 6.07) is 4.88. The van der Waals surface area contributed by atoms with Crippen LogP contribution in [0.4, 0.5) is 0 Å². The summed E-state index contributed by atoms with van der Waals surface area (Å²) < 4.78 is 7.84. The molecule has 146 valence electrons. The van der Waals surface area contributed by atoms with Crippen LogP contribution in [0.3, 0.4) is 0 Å². The quantitative estimate of drug-likeness (QED) is 0.807. The van der Waals surface area contributed by atoms with Crippen LogP contribution < -0.4 is 9.41 Å². The highest BCUT2D eigenvalue weighted by molar-refractivity contribution is 7.04. The van der Waals surface area contributed by atoms with Crippen LogP contribution in [0.5, 0.6) is 5.75 Å². The summed E-state index contributed by atoms with van der Waals surface area (Å²) in [5.74, 6) is 0.228. The number of hydrogen-bond donors (Lipinski definition) is 1. The molecule has 0 radical (unpaired) electrons. The molecule has 0 saturated heterocycles. The third kappa shape index (κ3) is 4.28. The molecule has 27 heavy (non-hydrogen) atoms. The van der Waals surface area contributed by atoms with Crippen LogP contribution in [0.2, 0.25) is 5.02 Å². The van der Waals surface area contributed by atoms with Gasteiger partial charge in [-0.25, -0.2) is 0 Å². The number of aliphatic hydroxyl groups is 1. The molecule has 1 aromatic carbocycles. The molecule has 1 heterocycles. The zero-order chi connectivity index (χ0) is 19.8. The lowest BCUT2D eigenvalue weighted by molar-refractivity contribution is 0.0610. The van der Waals surface area contributed by atoms with E-state index in [0.717, 1.165) is 19.3 Å². The highest BCUT2D eigenvalue weighted by atomic mass is 35.5. The van der Waals surface area contributed by atoms with Crippen molar-refractivity contribution in [2.45, 2.75) is 51.7 Å². The highest BCUT2D eigenvalue weighted by Crippen LogP contribution is 2.37. The molecule has 1 N–H and O–H groups in total. The molecule has 0 aliphatic heterocycles. The fourth-order valence-electron chi connectivity index (χ4n) is 2.98. The predicted molar refractivity (Wildman–Crippen MR) is 108 cm³/mol. The predicted octanol–water partition coefficient (Wildman–Crippen LogP) is 4.54. The van der Waals surface area contributed by atoms with Crippen molar-refractivity contribution in [1.29, 1.82) is 0 Å². The summed E-state index contributed by atoms with van der Waals surface area (Å²) in [6.45, 7) is 6.23. The van der Waals surface area contributed by atoms with Crippen molar-refractivity contribution < 1.29 is 14.6 Å². The van der Waals surface area contributed by atoms with Gasteiger partial charge in [0, 0.05) is 22.3 Å². The fourth-order valence-corrected chi connectivity index (χ4v) is 4.18. The summed E-state index contributed by atoms with van der Waals surface area (Å²) >= 11 is 7.43. The lowest BCUT2D eigenvalue weighted by atomic mass is 9.79. The Morgan fingerprint density at radius 1 is 1.41 bits per heavy atom. The minimum atomic E-state index is -0.605.